The zero-order valence-electron chi connectivity index (χ0n) is 30.5. The van der Waals surface area contributed by atoms with Gasteiger partial charge in [0.1, 0.15) is 0 Å². The lowest BCUT2D eigenvalue weighted by atomic mass is 9.91. The second kappa shape index (κ2) is 14.4. The molecule has 8 aromatic carbocycles. The average molecular weight is 714 g/mol. The van der Waals surface area contributed by atoms with E-state index in [9.17, 15) is 0 Å². The van der Waals surface area contributed by atoms with Gasteiger partial charge in [0.05, 0.1) is 22.6 Å². The van der Waals surface area contributed by atoms with Gasteiger partial charge in [-0.2, -0.15) is 0 Å². The number of hydrogen-bond acceptors (Lipinski definition) is 3. The van der Waals surface area contributed by atoms with Gasteiger partial charge in [0.2, 0.25) is 0 Å². The van der Waals surface area contributed by atoms with Gasteiger partial charge < -0.3 is 0 Å². The topological polar surface area (TPSA) is 38.7 Å². The summed E-state index contributed by atoms with van der Waals surface area (Å²) in [7, 11) is 0. The summed E-state index contributed by atoms with van der Waals surface area (Å²) in [5, 5.41) is 3.53. The first kappa shape index (κ1) is 33.1. The van der Waals surface area contributed by atoms with Crippen LogP contribution < -0.4 is 0 Å². The minimum atomic E-state index is 0.700. The minimum absolute atomic E-state index is 0.700. The Morgan fingerprint density at radius 2 is 0.750 bits per heavy atom. The Kier molecular flexibility index (Phi) is 8.51. The van der Waals surface area contributed by atoms with Gasteiger partial charge in [0, 0.05) is 27.6 Å². The van der Waals surface area contributed by atoms with E-state index in [4.69, 9.17) is 15.0 Å². The van der Waals surface area contributed by atoms with Gasteiger partial charge in [-0.25, -0.2) is 15.0 Å². The van der Waals surface area contributed by atoms with Crippen molar-refractivity contribution >= 4 is 21.7 Å². The molecule has 0 fully saturated rings. The fourth-order valence-electron chi connectivity index (χ4n) is 7.72. The van der Waals surface area contributed by atoms with E-state index in [0.29, 0.717) is 5.82 Å². The third-order valence-electron chi connectivity index (χ3n) is 10.5. The van der Waals surface area contributed by atoms with Crippen LogP contribution in [-0.2, 0) is 0 Å². The predicted octanol–water partition coefficient (Wildman–Crippen LogP) is 13.8. The van der Waals surface area contributed by atoms with Crippen molar-refractivity contribution in [2.24, 2.45) is 0 Å². The van der Waals surface area contributed by atoms with Gasteiger partial charge >= 0.3 is 0 Å². The van der Waals surface area contributed by atoms with Gasteiger partial charge in [-0.15, -0.1) is 0 Å². The highest BCUT2D eigenvalue weighted by Crippen LogP contribution is 2.40. The maximum Gasteiger partial charge on any atom is 0.160 e. The number of fused-ring (bicyclic) bond motifs is 3. The monoisotopic (exact) mass is 713 g/mol. The first-order valence-electron chi connectivity index (χ1n) is 18.9. The molecule has 0 amide bonds. The SMILES string of the molecule is c1ccc(-c2cccc(-c3cc(-c4ccc(-c5cccc6c5ccc5nc(-c7ccccc7)cc(-c7ccccc7)c56)cc4)nc(-c4ccccc4)n3)c2)cc1. The Morgan fingerprint density at radius 1 is 0.250 bits per heavy atom. The van der Waals surface area contributed by atoms with Crippen molar-refractivity contribution in [2.75, 3.05) is 0 Å². The molecule has 3 heteroatoms. The van der Waals surface area contributed by atoms with Gasteiger partial charge in [-0.3, -0.25) is 0 Å². The van der Waals surface area contributed by atoms with Crippen LogP contribution in [0.1, 0.15) is 0 Å². The lowest BCUT2D eigenvalue weighted by Crippen LogP contribution is -1.96. The van der Waals surface area contributed by atoms with Crippen LogP contribution in [-0.4, -0.2) is 15.0 Å². The maximum absolute atomic E-state index is 5.20. The molecule has 0 aliphatic rings. The standard InChI is InChI=1S/C53H35N3/c1-5-15-36(16-6-1)42-23-13-24-43(33-42)51-35-50(55-53(56-51)41-21-11-4-12-22-41)40-29-27-38(28-30-40)44-25-14-26-46-45(44)31-32-48-52(46)47(37-17-7-2-8-18-37)34-49(54-48)39-19-9-3-10-20-39/h1-35H. The summed E-state index contributed by atoms with van der Waals surface area (Å²) < 4.78 is 0. The summed E-state index contributed by atoms with van der Waals surface area (Å²) in [6.07, 6.45) is 0. The highest BCUT2D eigenvalue weighted by molar-refractivity contribution is 6.17. The smallest absolute Gasteiger partial charge is 0.160 e. The van der Waals surface area contributed by atoms with Crippen molar-refractivity contribution in [3.8, 4) is 78.5 Å². The molecule has 10 rings (SSSR count). The molecule has 0 atom stereocenters. The molecule has 262 valence electrons. The summed E-state index contributed by atoms with van der Waals surface area (Å²) >= 11 is 0. The summed E-state index contributed by atoms with van der Waals surface area (Å²) in [6.45, 7) is 0. The zero-order valence-corrected chi connectivity index (χ0v) is 30.5. The van der Waals surface area contributed by atoms with Crippen molar-refractivity contribution < 1.29 is 0 Å². The molecule has 0 radical (unpaired) electrons. The number of pyridine rings is 1. The number of nitrogens with zero attached hydrogens (tertiary/aromatic N) is 3. The Labute approximate surface area is 326 Å². The largest absolute Gasteiger partial charge is 0.248 e. The minimum Gasteiger partial charge on any atom is -0.248 e. The van der Waals surface area contributed by atoms with Crippen LogP contribution in [0.2, 0.25) is 0 Å². The lowest BCUT2D eigenvalue weighted by Gasteiger charge is -2.15. The van der Waals surface area contributed by atoms with E-state index in [0.717, 1.165) is 61.4 Å². The van der Waals surface area contributed by atoms with Crippen LogP contribution >= 0.6 is 0 Å². The molecule has 0 saturated carbocycles. The predicted molar refractivity (Wildman–Crippen MR) is 233 cm³/mol. The quantitative estimate of drug-likeness (QED) is 0.154. The van der Waals surface area contributed by atoms with Crippen molar-refractivity contribution in [1.29, 1.82) is 0 Å². The molecule has 0 saturated heterocycles. The first-order valence-corrected chi connectivity index (χ1v) is 18.9. The highest BCUT2D eigenvalue weighted by Gasteiger charge is 2.16. The van der Waals surface area contributed by atoms with E-state index in [1.165, 1.54) is 33.0 Å². The van der Waals surface area contributed by atoms with Crippen LogP contribution in [0.15, 0.2) is 212 Å². The highest BCUT2D eigenvalue weighted by atomic mass is 14.9. The van der Waals surface area contributed by atoms with Crippen LogP contribution in [0.25, 0.3) is 100 Å². The molecule has 0 unspecified atom stereocenters. The van der Waals surface area contributed by atoms with Crippen molar-refractivity contribution in [3.05, 3.63) is 212 Å². The fourth-order valence-corrected chi connectivity index (χ4v) is 7.72. The Hall–Kier alpha value is -7.49. The van der Waals surface area contributed by atoms with Crippen molar-refractivity contribution in [2.45, 2.75) is 0 Å². The molecular formula is C53H35N3. The molecule has 2 heterocycles. The summed E-state index contributed by atoms with van der Waals surface area (Å²) in [5.74, 6) is 0.700. The second-order valence-electron chi connectivity index (χ2n) is 14.0. The Balaban J connectivity index is 1.07. The average Bonchev–Trinajstić information content (AvgIpc) is 3.29. The molecule has 0 aliphatic heterocycles. The maximum atomic E-state index is 5.20. The zero-order chi connectivity index (χ0) is 37.3. The van der Waals surface area contributed by atoms with Crippen LogP contribution in [0.4, 0.5) is 0 Å². The van der Waals surface area contributed by atoms with Crippen molar-refractivity contribution in [1.82, 2.24) is 15.0 Å². The van der Waals surface area contributed by atoms with Crippen LogP contribution in [0.5, 0.6) is 0 Å². The van der Waals surface area contributed by atoms with Crippen LogP contribution in [0, 0.1) is 0 Å². The second-order valence-corrected chi connectivity index (χ2v) is 14.0. The molecule has 0 spiro atoms. The molecule has 56 heavy (non-hydrogen) atoms. The van der Waals surface area contributed by atoms with Gasteiger partial charge in [-0.05, 0) is 68.4 Å². The third kappa shape index (κ3) is 6.31. The van der Waals surface area contributed by atoms with Gasteiger partial charge in [0.25, 0.3) is 0 Å². The molecule has 10 aromatic rings. The summed E-state index contributed by atoms with van der Waals surface area (Å²) in [6, 6.07) is 74.5. The third-order valence-corrected chi connectivity index (χ3v) is 10.5. The summed E-state index contributed by atoms with van der Waals surface area (Å²) in [4.78, 5) is 15.4. The first-order chi connectivity index (χ1) is 27.7. The van der Waals surface area contributed by atoms with E-state index in [2.05, 4.69) is 182 Å². The van der Waals surface area contributed by atoms with E-state index in [-0.39, 0.29) is 0 Å². The number of rotatable bonds is 7. The number of aromatic nitrogens is 3. The number of hydrogen-bond donors (Lipinski definition) is 0. The van der Waals surface area contributed by atoms with Crippen LogP contribution in [0.3, 0.4) is 0 Å². The number of benzene rings is 8. The Bertz CT molecular complexity index is 2980. The molecule has 0 N–H and O–H groups in total. The molecule has 0 bridgehead atoms. The Morgan fingerprint density at radius 3 is 1.45 bits per heavy atom. The molecular weight excluding hydrogens is 679 g/mol. The van der Waals surface area contributed by atoms with Gasteiger partial charge in [0.15, 0.2) is 5.82 Å². The van der Waals surface area contributed by atoms with E-state index in [1.54, 1.807) is 0 Å². The fraction of sp³-hybridized carbons (Fsp3) is 0. The van der Waals surface area contributed by atoms with E-state index < -0.39 is 0 Å². The van der Waals surface area contributed by atoms with Crippen molar-refractivity contribution in [3.63, 3.8) is 0 Å². The summed E-state index contributed by atoms with van der Waals surface area (Å²) in [5.41, 5.74) is 14.9. The van der Waals surface area contributed by atoms with Gasteiger partial charge in [-0.1, -0.05) is 188 Å². The lowest BCUT2D eigenvalue weighted by molar-refractivity contribution is 1.18. The van der Waals surface area contributed by atoms with E-state index in [1.807, 2.05) is 30.3 Å². The van der Waals surface area contributed by atoms with E-state index >= 15 is 0 Å². The molecule has 3 nitrogen and oxygen atoms in total. The normalized spacial score (nSPS) is 11.2. The molecule has 0 aliphatic carbocycles. The molecule has 2 aromatic heterocycles.